The number of para-hydroxylation sites is 1. The molecule has 11 heteroatoms. The number of aliphatic hydroxyl groups is 1. The average Bonchev–Trinajstić information content (AvgIpc) is 3.14. The van der Waals surface area contributed by atoms with Crippen molar-refractivity contribution in [1.29, 1.82) is 0 Å². The van der Waals surface area contributed by atoms with Crippen LogP contribution in [0.2, 0.25) is 0 Å². The van der Waals surface area contributed by atoms with Crippen molar-refractivity contribution in [3.05, 3.63) is 29.8 Å². The summed E-state index contributed by atoms with van der Waals surface area (Å²) in [6, 6.07) is 8.41. The van der Waals surface area contributed by atoms with E-state index < -0.39 is 6.09 Å². The van der Waals surface area contributed by atoms with Crippen LogP contribution in [0, 0.1) is 0 Å². The van der Waals surface area contributed by atoms with Crippen molar-refractivity contribution in [1.82, 2.24) is 24.5 Å². The highest BCUT2D eigenvalue weighted by molar-refractivity contribution is 5.91. The van der Waals surface area contributed by atoms with Gasteiger partial charge in [-0.1, -0.05) is 18.2 Å². The van der Waals surface area contributed by atoms with Crippen molar-refractivity contribution in [3.63, 3.8) is 0 Å². The van der Waals surface area contributed by atoms with Crippen LogP contribution in [0.3, 0.4) is 0 Å². The SMILES string of the molecule is O=C(COC(=O)N1CCC(N2CCc3ccccc3NC2=O)CC1)N1CCN(C2CCN(CCO)CC2)CC1. The van der Waals surface area contributed by atoms with E-state index in [1.807, 2.05) is 29.2 Å². The van der Waals surface area contributed by atoms with Gasteiger partial charge in [0.25, 0.3) is 5.91 Å². The highest BCUT2D eigenvalue weighted by atomic mass is 16.6. The summed E-state index contributed by atoms with van der Waals surface area (Å²) >= 11 is 0. The predicted octanol–water partition coefficient (Wildman–Crippen LogP) is 1.28. The molecule has 0 aliphatic carbocycles. The van der Waals surface area contributed by atoms with Gasteiger partial charge in [-0.3, -0.25) is 9.69 Å². The second-order valence-electron chi connectivity index (χ2n) is 11.0. The van der Waals surface area contributed by atoms with Gasteiger partial charge in [-0.15, -0.1) is 0 Å². The number of piperazine rings is 1. The number of likely N-dealkylation sites (tertiary alicyclic amines) is 2. The van der Waals surface area contributed by atoms with Gasteiger partial charge < -0.3 is 34.8 Å². The number of β-amino-alcohol motifs (C(OH)–C–C–N with tert-alkyl or cyclic N) is 1. The maximum Gasteiger partial charge on any atom is 0.410 e. The third-order valence-electron chi connectivity index (χ3n) is 8.78. The summed E-state index contributed by atoms with van der Waals surface area (Å²) < 4.78 is 5.40. The summed E-state index contributed by atoms with van der Waals surface area (Å²) in [4.78, 5) is 48.4. The zero-order valence-electron chi connectivity index (χ0n) is 22.8. The molecule has 0 saturated carbocycles. The van der Waals surface area contributed by atoms with E-state index in [4.69, 9.17) is 9.84 Å². The quantitative estimate of drug-likeness (QED) is 0.558. The summed E-state index contributed by atoms with van der Waals surface area (Å²) in [5.41, 5.74) is 2.01. The number of benzene rings is 1. The Morgan fingerprint density at radius 3 is 2.28 bits per heavy atom. The number of nitrogens with one attached hydrogen (secondary N) is 1. The second kappa shape index (κ2) is 13.0. The Labute approximate surface area is 230 Å². The lowest BCUT2D eigenvalue weighted by Crippen LogP contribution is -2.55. The molecule has 2 N–H and O–H groups in total. The van der Waals surface area contributed by atoms with E-state index >= 15 is 0 Å². The molecule has 0 unspecified atom stereocenters. The average molecular weight is 543 g/mol. The highest BCUT2D eigenvalue weighted by Gasteiger charge is 2.33. The van der Waals surface area contributed by atoms with Gasteiger partial charge in [0, 0.05) is 70.1 Å². The molecule has 11 nitrogen and oxygen atoms in total. The van der Waals surface area contributed by atoms with Crippen LogP contribution in [0.5, 0.6) is 0 Å². The van der Waals surface area contributed by atoms with Crippen molar-refractivity contribution in [2.75, 3.05) is 84.0 Å². The minimum absolute atomic E-state index is 0.0724. The maximum absolute atomic E-state index is 12.8. The summed E-state index contributed by atoms with van der Waals surface area (Å²) in [7, 11) is 0. The second-order valence-corrected chi connectivity index (χ2v) is 11.0. The molecule has 4 amide bonds. The molecular weight excluding hydrogens is 500 g/mol. The third kappa shape index (κ3) is 6.82. The molecule has 4 heterocycles. The molecule has 5 rings (SSSR count). The summed E-state index contributed by atoms with van der Waals surface area (Å²) in [6.07, 6.45) is 3.91. The van der Waals surface area contributed by atoms with E-state index in [0.29, 0.717) is 51.6 Å². The Hall–Kier alpha value is -2.89. The van der Waals surface area contributed by atoms with Crippen molar-refractivity contribution in [2.24, 2.45) is 0 Å². The molecule has 39 heavy (non-hydrogen) atoms. The van der Waals surface area contributed by atoms with E-state index in [1.54, 1.807) is 9.80 Å². The zero-order chi connectivity index (χ0) is 27.2. The lowest BCUT2D eigenvalue weighted by molar-refractivity contribution is -0.136. The normalized spacial score (nSPS) is 22.3. The fourth-order valence-electron chi connectivity index (χ4n) is 6.39. The zero-order valence-corrected chi connectivity index (χ0v) is 22.8. The molecule has 3 saturated heterocycles. The van der Waals surface area contributed by atoms with Gasteiger partial charge in [0.15, 0.2) is 6.61 Å². The molecule has 4 aliphatic heterocycles. The first-order valence-corrected chi connectivity index (χ1v) is 14.4. The van der Waals surface area contributed by atoms with Crippen LogP contribution in [0.4, 0.5) is 15.3 Å². The first-order chi connectivity index (χ1) is 19.0. The number of hydrogen-bond donors (Lipinski definition) is 2. The van der Waals surface area contributed by atoms with E-state index in [1.165, 1.54) is 0 Å². The fourth-order valence-corrected chi connectivity index (χ4v) is 6.39. The van der Waals surface area contributed by atoms with Crippen LogP contribution < -0.4 is 5.32 Å². The van der Waals surface area contributed by atoms with Gasteiger partial charge in [-0.05, 0) is 56.8 Å². The molecule has 4 aliphatic rings. The minimum Gasteiger partial charge on any atom is -0.439 e. The Morgan fingerprint density at radius 1 is 0.872 bits per heavy atom. The largest absolute Gasteiger partial charge is 0.439 e. The number of amides is 4. The molecule has 3 fully saturated rings. The Kier molecular flexibility index (Phi) is 9.21. The molecular formula is C28H42N6O5. The van der Waals surface area contributed by atoms with Crippen LogP contribution in [-0.2, 0) is 16.0 Å². The first-order valence-electron chi connectivity index (χ1n) is 14.4. The number of hydrogen-bond acceptors (Lipinski definition) is 7. The molecule has 0 spiro atoms. The van der Waals surface area contributed by atoms with Crippen LogP contribution in [-0.4, -0.2) is 138 Å². The van der Waals surface area contributed by atoms with Gasteiger partial charge >= 0.3 is 12.1 Å². The van der Waals surface area contributed by atoms with Crippen molar-refractivity contribution in [3.8, 4) is 0 Å². The standard InChI is InChI=1S/C28H42N6O5/c35-20-19-30-10-6-23(7-11-30)31-15-17-32(18-16-31)26(36)21-39-28(38)33-12-8-24(9-13-33)34-14-5-22-3-1-2-4-25(22)29-27(34)37/h1-4,23-24,35H,5-21H2,(H,29,37). The van der Waals surface area contributed by atoms with Crippen LogP contribution >= 0.6 is 0 Å². The first kappa shape index (κ1) is 27.7. The van der Waals surface area contributed by atoms with Gasteiger partial charge in [-0.2, -0.15) is 0 Å². The Morgan fingerprint density at radius 2 is 1.56 bits per heavy atom. The van der Waals surface area contributed by atoms with Crippen LogP contribution in [0.25, 0.3) is 0 Å². The van der Waals surface area contributed by atoms with Crippen LogP contribution in [0.1, 0.15) is 31.2 Å². The van der Waals surface area contributed by atoms with Crippen molar-refractivity contribution < 1.29 is 24.2 Å². The van der Waals surface area contributed by atoms with Gasteiger partial charge in [0.2, 0.25) is 0 Å². The number of ether oxygens (including phenoxy) is 1. The molecule has 214 valence electrons. The summed E-state index contributed by atoms with van der Waals surface area (Å²) in [6.45, 7) is 7.40. The summed E-state index contributed by atoms with van der Waals surface area (Å²) in [5, 5.41) is 12.2. The van der Waals surface area contributed by atoms with Crippen LogP contribution in [0.15, 0.2) is 24.3 Å². The van der Waals surface area contributed by atoms with E-state index in [0.717, 1.165) is 63.2 Å². The monoisotopic (exact) mass is 542 g/mol. The maximum atomic E-state index is 12.8. The number of rotatable bonds is 6. The number of nitrogens with zero attached hydrogens (tertiary/aromatic N) is 5. The fraction of sp³-hybridized carbons (Fsp3) is 0.679. The van der Waals surface area contributed by atoms with Crippen molar-refractivity contribution >= 4 is 23.7 Å². The van der Waals surface area contributed by atoms with E-state index in [2.05, 4.69) is 15.1 Å². The lowest BCUT2D eigenvalue weighted by Gasteiger charge is -2.42. The predicted molar refractivity (Wildman–Crippen MR) is 147 cm³/mol. The minimum atomic E-state index is -0.456. The molecule has 0 atom stereocenters. The number of fused-ring (bicyclic) bond motifs is 1. The number of anilines is 1. The van der Waals surface area contributed by atoms with E-state index in [-0.39, 0.29) is 31.2 Å². The number of carbonyl (C=O) groups is 3. The highest BCUT2D eigenvalue weighted by Crippen LogP contribution is 2.25. The molecule has 0 radical (unpaired) electrons. The third-order valence-corrected chi connectivity index (χ3v) is 8.78. The number of carbonyl (C=O) groups excluding carboxylic acids is 3. The Balaban J connectivity index is 0.998. The summed E-state index contributed by atoms with van der Waals surface area (Å²) in [5.74, 6) is -0.142. The van der Waals surface area contributed by atoms with Gasteiger partial charge in [0.05, 0.1) is 6.61 Å². The Bertz CT molecular complexity index is 1000. The molecule has 1 aromatic carbocycles. The van der Waals surface area contributed by atoms with Gasteiger partial charge in [0.1, 0.15) is 0 Å². The number of piperidine rings is 2. The smallest absolute Gasteiger partial charge is 0.410 e. The van der Waals surface area contributed by atoms with Crippen molar-refractivity contribution in [2.45, 2.75) is 44.2 Å². The molecule has 1 aromatic rings. The van der Waals surface area contributed by atoms with Gasteiger partial charge in [-0.25, -0.2) is 9.59 Å². The molecule has 0 bridgehead atoms. The van der Waals surface area contributed by atoms with E-state index in [9.17, 15) is 14.4 Å². The number of aliphatic hydroxyl groups excluding tert-OH is 1. The lowest BCUT2D eigenvalue weighted by atomic mass is 10.0. The topological polar surface area (TPSA) is 109 Å². The molecule has 0 aromatic heterocycles. The number of urea groups is 1.